The molecule has 3 N–H and O–H groups in total. The van der Waals surface area contributed by atoms with Crippen LogP contribution in [-0.4, -0.2) is 23.1 Å². The topological polar surface area (TPSA) is 49.5 Å². The first kappa shape index (κ1) is 11.3. The number of nitrogen functional groups attached to an aromatic ring is 1. The minimum absolute atomic E-state index is 0.247. The maximum atomic E-state index is 9.29. The molecule has 0 spiro atoms. The third kappa shape index (κ3) is 2.89. The summed E-state index contributed by atoms with van der Waals surface area (Å²) in [6.45, 7) is 3.24. The smallest absolute Gasteiger partial charge is 0.117 e. The Labute approximate surface area is 96.9 Å². The van der Waals surface area contributed by atoms with Gasteiger partial charge in [0.15, 0.2) is 0 Å². The van der Waals surface area contributed by atoms with Crippen molar-refractivity contribution < 1.29 is 5.11 Å². The van der Waals surface area contributed by atoms with E-state index < -0.39 is 0 Å². The third-order valence-corrected chi connectivity index (χ3v) is 3.22. The van der Waals surface area contributed by atoms with E-state index in [-0.39, 0.29) is 5.75 Å². The first-order valence-electron chi connectivity index (χ1n) is 6.05. The van der Waals surface area contributed by atoms with Gasteiger partial charge < -0.3 is 10.8 Å². The maximum absolute atomic E-state index is 9.29. The predicted molar refractivity (Wildman–Crippen MR) is 66.3 cm³/mol. The molecule has 88 valence electrons. The molecule has 0 bridgehead atoms. The van der Waals surface area contributed by atoms with E-state index in [1.807, 2.05) is 6.07 Å². The number of nitrogens with two attached hydrogens (primary N) is 1. The first-order valence-corrected chi connectivity index (χ1v) is 6.05. The molecule has 1 aromatic rings. The van der Waals surface area contributed by atoms with Crippen molar-refractivity contribution in [2.75, 3.05) is 18.8 Å². The van der Waals surface area contributed by atoms with E-state index in [4.69, 9.17) is 5.73 Å². The zero-order valence-corrected chi connectivity index (χ0v) is 9.65. The molecular weight excluding hydrogens is 200 g/mol. The minimum atomic E-state index is 0.247. The lowest BCUT2D eigenvalue weighted by Gasteiger charge is -2.20. The number of likely N-dealkylation sites (tertiary alicyclic amines) is 1. The Hall–Kier alpha value is -1.22. The molecule has 1 aromatic carbocycles. The normalized spacial score (nSPS) is 18.2. The highest BCUT2D eigenvalue weighted by Gasteiger charge is 2.10. The van der Waals surface area contributed by atoms with Gasteiger partial charge in [0.2, 0.25) is 0 Å². The van der Waals surface area contributed by atoms with Gasteiger partial charge in [0.1, 0.15) is 5.75 Å². The molecule has 0 atom stereocenters. The van der Waals surface area contributed by atoms with Gasteiger partial charge >= 0.3 is 0 Å². The van der Waals surface area contributed by atoms with Gasteiger partial charge in [0, 0.05) is 18.3 Å². The number of phenols is 1. The van der Waals surface area contributed by atoms with Gasteiger partial charge in [-0.3, -0.25) is 4.90 Å². The van der Waals surface area contributed by atoms with Crippen molar-refractivity contribution in [1.82, 2.24) is 4.90 Å². The highest BCUT2D eigenvalue weighted by molar-refractivity contribution is 5.50. The molecule has 2 rings (SSSR count). The van der Waals surface area contributed by atoms with E-state index in [1.54, 1.807) is 12.1 Å². The molecule has 0 aliphatic carbocycles. The summed E-state index contributed by atoms with van der Waals surface area (Å²) < 4.78 is 0. The molecule has 3 nitrogen and oxygen atoms in total. The molecule has 0 radical (unpaired) electrons. The number of benzene rings is 1. The van der Waals surface area contributed by atoms with Gasteiger partial charge in [0.25, 0.3) is 0 Å². The van der Waals surface area contributed by atoms with Crippen LogP contribution in [0.25, 0.3) is 0 Å². The third-order valence-electron chi connectivity index (χ3n) is 3.22. The van der Waals surface area contributed by atoms with Gasteiger partial charge in [-0.15, -0.1) is 0 Å². The molecule has 1 aliphatic rings. The monoisotopic (exact) mass is 220 g/mol. The van der Waals surface area contributed by atoms with Crippen molar-refractivity contribution in [2.45, 2.75) is 32.2 Å². The molecule has 1 aliphatic heterocycles. The average molecular weight is 220 g/mol. The average Bonchev–Trinajstić information content (AvgIpc) is 2.51. The molecule has 16 heavy (non-hydrogen) atoms. The fraction of sp³-hybridized carbons (Fsp3) is 0.538. The zero-order valence-electron chi connectivity index (χ0n) is 9.65. The van der Waals surface area contributed by atoms with Crippen LogP contribution in [0.15, 0.2) is 18.2 Å². The van der Waals surface area contributed by atoms with Crippen molar-refractivity contribution >= 4 is 5.69 Å². The van der Waals surface area contributed by atoms with Crippen LogP contribution in [0.2, 0.25) is 0 Å². The predicted octanol–water partition coefficient (Wildman–Crippen LogP) is 2.35. The Morgan fingerprint density at radius 1 is 1.12 bits per heavy atom. The van der Waals surface area contributed by atoms with Gasteiger partial charge in [-0.25, -0.2) is 0 Å². The van der Waals surface area contributed by atoms with Crippen LogP contribution in [0.5, 0.6) is 5.75 Å². The Kier molecular flexibility index (Phi) is 3.67. The quantitative estimate of drug-likeness (QED) is 0.752. The molecule has 1 saturated heterocycles. The first-order chi connectivity index (χ1) is 7.75. The highest BCUT2D eigenvalue weighted by atomic mass is 16.3. The lowest BCUT2D eigenvalue weighted by molar-refractivity contribution is 0.277. The van der Waals surface area contributed by atoms with Crippen LogP contribution in [0.4, 0.5) is 5.69 Å². The molecule has 1 heterocycles. The van der Waals surface area contributed by atoms with E-state index >= 15 is 0 Å². The van der Waals surface area contributed by atoms with E-state index in [0.717, 1.165) is 12.1 Å². The second-order valence-corrected chi connectivity index (χ2v) is 4.57. The number of phenolic OH excluding ortho intramolecular Hbond substituents is 1. The van der Waals surface area contributed by atoms with Gasteiger partial charge in [-0.2, -0.15) is 0 Å². The zero-order chi connectivity index (χ0) is 11.4. The van der Waals surface area contributed by atoms with Crippen molar-refractivity contribution in [2.24, 2.45) is 0 Å². The van der Waals surface area contributed by atoms with Crippen LogP contribution in [-0.2, 0) is 6.54 Å². The number of anilines is 1. The van der Waals surface area contributed by atoms with Crippen LogP contribution in [0, 0.1) is 0 Å². The van der Waals surface area contributed by atoms with Crippen LogP contribution < -0.4 is 5.73 Å². The maximum Gasteiger partial charge on any atom is 0.117 e. The standard InChI is InChI=1S/C13H20N2O/c14-13-9-12(16)6-5-11(13)10-15-7-3-1-2-4-8-15/h5-6,9,16H,1-4,7-8,10,14H2. The van der Waals surface area contributed by atoms with Gasteiger partial charge in [-0.1, -0.05) is 18.9 Å². The number of hydrogen-bond acceptors (Lipinski definition) is 3. The molecule has 0 unspecified atom stereocenters. The molecule has 0 amide bonds. The molecule has 0 aromatic heterocycles. The summed E-state index contributed by atoms with van der Waals surface area (Å²) in [6.07, 6.45) is 5.28. The number of nitrogens with zero attached hydrogens (tertiary/aromatic N) is 1. The Morgan fingerprint density at radius 2 is 1.81 bits per heavy atom. The largest absolute Gasteiger partial charge is 0.508 e. The van der Waals surface area contributed by atoms with Crippen molar-refractivity contribution in [3.05, 3.63) is 23.8 Å². The van der Waals surface area contributed by atoms with Crippen molar-refractivity contribution in [3.63, 3.8) is 0 Å². The SMILES string of the molecule is Nc1cc(O)ccc1CN1CCCCCC1. The number of rotatable bonds is 2. The Balaban J connectivity index is 2.01. The van der Waals surface area contributed by atoms with Crippen LogP contribution in [0.3, 0.4) is 0 Å². The van der Waals surface area contributed by atoms with Crippen LogP contribution in [0.1, 0.15) is 31.2 Å². The van der Waals surface area contributed by atoms with E-state index in [0.29, 0.717) is 5.69 Å². The summed E-state index contributed by atoms with van der Waals surface area (Å²) in [6, 6.07) is 5.27. The summed E-state index contributed by atoms with van der Waals surface area (Å²) in [5.74, 6) is 0.247. The summed E-state index contributed by atoms with van der Waals surface area (Å²) in [7, 11) is 0. The molecule has 3 heteroatoms. The lowest BCUT2D eigenvalue weighted by atomic mass is 10.1. The summed E-state index contributed by atoms with van der Waals surface area (Å²) in [5, 5.41) is 9.29. The van der Waals surface area contributed by atoms with E-state index in [1.165, 1.54) is 38.8 Å². The summed E-state index contributed by atoms with van der Waals surface area (Å²) >= 11 is 0. The molecular formula is C13H20N2O. The lowest BCUT2D eigenvalue weighted by Crippen LogP contribution is -2.24. The van der Waals surface area contributed by atoms with Gasteiger partial charge in [-0.05, 0) is 37.6 Å². The second-order valence-electron chi connectivity index (χ2n) is 4.57. The summed E-state index contributed by atoms with van der Waals surface area (Å²) in [5.41, 5.74) is 7.71. The fourth-order valence-corrected chi connectivity index (χ4v) is 2.26. The van der Waals surface area contributed by atoms with Crippen LogP contribution >= 0.6 is 0 Å². The molecule has 0 saturated carbocycles. The second kappa shape index (κ2) is 5.21. The minimum Gasteiger partial charge on any atom is -0.508 e. The van der Waals surface area contributed by atoms with Crippen molar-refractivity contribution in [1.29, 1.82) is 0 Å². The van der Waals surface area contributed by atoms with E-state index in [2.05, 4.69) is 4.90 Å². The Morgan fingerprint density at radius 3 is 2.44 bits per heavy atom. The van der Waals surface area contributed by atoms with E-state index in [9.17, 15) is 5.11 Å². The van der Waals surface area contributed by atoms with Crippen molar-refractivity contribution in [3.8, 4) is 5.75 Å². The highest BCUT2D eigenvalue weighted by Crippen LogP contribution is 2.21. The Bertz CT molecular complexity index is 344. The summed E-state index contributed by atoms with van der Waals surface area (Å²) in [4.78, 5) is 2.45. The van der Waals surface area contributed by atoms with Gasteiger partial charge in [0.05, 0.1) is 0 Å². The number of aromatic hydroxyl groups is 1. The molecule has 1 fully saturated rings. The number of hydrogen-bond donors (Lipinski definition) is 2. The fourth-order valence-electron chi connectivity index (χ4n) is 2.26.